The number of thiocarbonyl (C=S) groups is 1. The van der Waals surface area contributed by atoms with Crippen molar-refractivity contribution in [3.63, 3.8) is 0 Å². The molecule has 0 aromatic carbocycles. The number of nitrogens with zero attached hydrogens (tertiary/aromatic N) is 4. The van der Waals surface area contributed by atoms with Crippen molar-refractivity contribution in [1.29, 1.82) is 0 Å². The molecule has 2 aromatic heterocycles. The van der Waals surface area contributed by atoms with Crippen molar-refractivity contribution >= 4 is 28.5 Å². The van der Waals surface area contributed by atoms with E-state index in [1.165, 1.54) is 0 Å². The molecule has 0 saturated heterocycles. The normalized spacial score (nSPS) is 9.53. The molecule has 0 fully saturated rings. The molecule has 102 valence electrons. The van der Waals surface area contributed by atoms with Gasteiger partial charge in [0.25, 0.3) is 0 Å². The van der Waals surface area contributed by atoms with Crippen molar-refractivity contribution in [3.05, 3.63) is 29.7 Å². The molecule has 0 atom stereocenters. The summed E-state index contributed by atoms with van der Waals surface area (Å²) in [5.74, 6) is 0. The van der Waals surface area contributed by atoms with Crippen LogP contribution in [-0.2, 0) is 0 Å². The summed E-state index contributed by atoms with van der Waals surface area (Å²) in [7, 11) is 5.61. The van der Waals surface area contributed by atoms with Crippen LogP contribution in [0.15, 0.2) is 18.3 Å². The van der Waals surface area contributed by atoms with Gasteiger partial charge in [-0.25, -0.2) is 15.0 Å². The second kappa shape index (κ2) is 6.94. The first kappa shape index (κ1) is 15.2. The second-order valence-corrected chi connectivity index (χ2v) is 4.58. The summed E-state index contributed by atoms with van der Waals surface area (Å²) in [4.78, 5) is 14.6. The summed E-state index contributed by atoms with van der Waals surface area (Å²) in [5.41, 5.74) is 3.50. The number of nitrogens with one attached hydrogen (secondary N) is 1. The molecule has 0 spiro atoms. The Morgan fingerprint density at radius 1 is 1.21 bits per heavy atom. The Morgan fingerprint density at radius 2 is 1.84 bits per heavy atom. The molecule has 5 nitrogen and oxygen atoms in total. The fourth-order valence-electron chi connectivity index (χ4n) is 1.29. The first-order valence-corrected chi connectivity index (χ1v) is 6.31. The van der Waals surface area contributed by atoms with Crippen LogP contribution in [0.3, 0.4) is 0 Å². The minimum atomic E-state index is 0.723. The van der Waals surface area contributed by atoms with Crippen molar-refractivity contribution in [2.24, 2.45) is 0 Å². The first-order valence-electron chi connectivity index (χ1n) is 5.90. The summed E-state index contributed by atoms with van der Waals surface area (Å²) in [6, 6.07) is 3.79. The molecule has 0 radical (unpaired) electrons. The van der Waals surface area contributed by atoms with Gasteiger partial charge >= 0.3 is 0 Å². The van der Waals surface area contributed by atoms with E-state index >= 15 is 0 Å². The highest BCUT2D eigenvalue weighted by Crippen LogP contribution is 2.08. The van der Waals surface area contributed by atoms with E-state index in [9.17, 15) is 0 Å². The van der Waals surface area contributed by atoms with E-state index < -0.39 is 0 Å². The Bertz CT molecular complexity index is 527. The average Bonchev–Trinajstić information content (AvgIpc) is 2.39. The third-order valence-corrected chi connectivity index (χ3v) is 3.04. The summed E-state index contributed by atoms with van der Waals surface area (Å²) in [5, 5.41) is 3.59. The highest BCUT2D eigenvalue weighted by atomic mass is 32.1. The molecule has 6 heteroatoms. The lowest BCUT2D eigenvalue weighted by Gasteiger charge is -2.11. The first-order chi connectivity index (χ1) is 8.95. The predicted molar refractivity (Wildman–Crippen MR) is 82.2 cm³/mol. The quantitative estimate of drug-likeness (QED) is 0.740. The minimum Gasteiger partial charge on any atom is -0.366 e. The number of rotatable bonds is 0. The van der Waals surface area contributed by atoms with Gasteiger partial charge < -0.3 is 10.2 Å². The van der Waals surface area contributed by atoms with Gasteiger partial charge in [0.2, 0.25) is 0 Å². The van der Waals surface area contributed by atoms with E-state index in [0.29, 0.717) is 0 Å². The molecule has 2 heterocycles. The summed E-state index contributed by atoms with van der Waals surface area (Å²) in [6.07, 6.45) is 1.73. The van der Waals surface area contributed by atoms with E-state index in [4.69, 9.17) is 12.2 Å². The van der Waals surface area contributed by atoms with Crippen molar-refractivity contribution < 1.29 is 0 Å². The van der Waals surface area contributed by atoms with Gasteiger partial charge in [0.15, 0.2) is 10.8 Å². The Kier molecular flexibility index (Phi) is 5.57. The van der Waals surface area contributed by atoms with Gasteiger partial charge in [0, 0.05) is 27.3 Å². The molecule has 0 bridgehead atoms. The third-order valence-electron chi connectivity index (χ3n) is 2.47. The summed E-state index contributed by atoms with van der Waals surface area (Å²) < 4.78 is 0. The zero-order chi connectivity index (χ0) is 14.4. The lowest BCUT2D eigenvalue weighted by Crippen LogP contribution is -2.30. The maximum Gasteiger partial charge on any atom is 0.178 e. The van der Waals surface area contributed by atoms with Crippen LogP contribution in [0.25, 0.3) is 11.2 Å². The average molecular weight is 277 g/mol. The Hall–Kier alpha value is -1.82. The zero-order valence-electron chi connectivity index (χ0n) is 11.9. The highest BCUT2D eigenvalue weighted by molar-refractivity contribution is 7.80. The van der Waals surface area contributed by atoms with Crippen LogP contribution in [-0.4, -0.2) is 46.1 Å². The standard InChI is InChI=1S/C9H9N3.C4H10N2S/c1-6-7(2)12-9-8(11-6)4-3-5-10-9;1-5-4(7)6(2)3/h3-5H,1-2H3;1-3H3,(H,5,7). The maximum absolute atomic E-state index is 4.79. The summed E-state index contributed by atoms with van der Waals surface area (Å²) in [6.45, 7) is 3.89. The fraction of sp³-hybridized carbons (Fsp3) is 0.385. The lowest BCUT2D eigenvalue weighted by atomic mass is 10.3. The van der Waals surface area contributed by atoms with Crippen LogP contribution in [0.2, 0.25) is 0 Å². The van der Waals surface area contributed by atoms with Crippen LogP contribution >= 0.6 is 12.2 Å². The molecule has 2 aromatic rings. The van der Waals surface area contributed by atoms with Crippen LogP contribution in [0.5, 0.6) is 0 Å². The van der Waals surface area contributed by atoms with Gasteiger partial charge in [-0.3, -0.25) is 0 Å². The number of aryl methyl sites for hydroxylation is 2. The summed E-state index contributed by atoms with van der Waals surface area (Å²) >= 11 is 4.79. The minimum absolute atomic E-state index is 0.723. The van der Waals surface area contributed by atoms with E-state index in [1.54, 1.807) is 6.20 Å². The zero-order valence-corrected chi connectivity index (χ0v) is 12.7. The molecule has 0 aliphatic rings. The molecule has 0 unspecified atom stereocenters. The van der Waals surface area contributed by atoms with E-state index in [1.807, 2.05) is 52.0 Å². The number of hydrogen-bond donors (Lipinski definition) is 1. The molecule has 0 aliphatic carbocycles. The molecular formula is C13H19N5S. The van der Waals surface area contributed by atoms with Gasteiger partial charge in [0.05, 0.1) is 11.4 Å². The van der Waals surface area contributed by atoms with Gasteiger partial charge in [-0.2, -0.15) is 0 Å². The highest BCUT2D eigenvalue weighted by Gasteiger charge is 1.99. The molecule has 0 aliphatic heterocycles. The van der Waals surface area contributed by atoms with Crippen molar-refractivity contribution in [1.82, 2.24) is 25.2 Å². The van der Waals surface area contributed by atoms with Crippen LogP contribution in [0.4, 0.5) is 0 Å². The molecule has 1 N–H and O–H groups in total. The van der Waals surface area contributed by atoms with E-state index in [2.05, 4.69) is 20.3 Å². The van der Waals surface area contributed by atoms with E-state index in [-0.39, 0.29) is 0 Å². The molecular weight excluding hydrogens is 258 g/mol. The van der Waals surface area contributed by atoms with Crippen LogP contribution in [0.1, 0.15) is 11.4 Å². The predicted octanol–water partition coefficient (Wildman–Crippen LogP) is 1.69. The Balaban J connectivity index is 0.000000224. The Labute approximate surface area is 119 Å². The van der Waals surface area contributed by atoms with Gasteiger partial charge in [-0.15, -0.1) is 0 Å². The number of hydrogen-bond acceptors (Lipinski definition) is 4. The van der Waals surface area contributed by atoms with Gasteiger partial charge in [0.1, 0.15) is 5.52 Å². The number of fused-ring (bicyclic) bond motifs is 1. The molecule has 19 heavy (non-hydrogen) atoms. The van der Waals surface area contributed by atoms with Crippen LogP contribution < -0.4 is 5.32 Å². The van der Waals surface area contributed by atoms with Crippen molar-refractivity contribution in [2.45, 2.75) is 13.8 Å². The second-order valence-electron chi connectivity index (χ2n) is 4.19. The monoisotopic (exact) mass is 277 g/mol. The van der Waals surface area contributed by atoms with Crippen LogP contribution in [0, 0.1) is 13.8 Å². The largest absolute Gasteiger partial charge is 0.366 e. The number of pyridine rings is 1. The number of aromatic nitrogens is 3. The maximum atomic E-state index is 4.79. The van der Waals surface area contributed by atoms with Gasteiger partial charge in [-0.1, -0.05) is 0 Å². The topological polar surface area (TPSA) is 53.9 Å². The SMILES string of the molecule is CNC(=S)N(C)C.Cc1nc2cccnc2nc1C. The third kappa shape index (κ3) is 4.40. The van der Waals surface area contributed by atoms with E-state index in [0.717, 1.165) is 27.7 Å². The van der Waals surface area contributed by atoms with Crippen molar-refractivity contribution in [2.75, 3.05) is 21.1 Å². The lowest BCUT2D eigenvalue weighted by molar-refractivity contribution is 0.612. The van der Waals surface area contributed by atoms with Crippen molar-refractivity contribution in [3.8, 4) is 0 Å². The smallest absolute Gasteiger partial charge is 0.178 e. The molecule has 0 saturated carbocycles. The Morgan fingerprint density at radius 3 is 2.37 bits per heavy atom. The fourth-order valence-corrected chi connectivity index (χ4v) is 1.29. The van der Waals surface area contributed by atoms with Gasteiger partial charge in [-0.05, 0) is 38.2 Å². The molecule has 2 rings (SSSR count). The molecule has 0 amide bonds.